The van der Waals surface area contributed by atoms with Gasteiger partial charge in [0.2, 0.25) is 0 Å². The maximum Gasteiger partial charge on any atom is 0.327 e. The zero-order valence-electron chi connectivity index (χ0n) is 14.6. The van der Waals surface area contributed by atoms with Crippen LogP contribution in [0.5, 0.6) is 0 Å². The lowest BCUT2D eigenvalue weighted by Gasteiger charge is -2.00. The van der Waals surface area contributed by atoms with Gasteiger partial charge in [-0.25, -0.2) is 19.6 Å². The van der Waals surface area contributed by atoms with Crippen molar-refractivity contribution in [3.05, 3.63) is 53.8 Å². The molecule has 0 aromatic carbocycles. The summed E-state index contributed by atoms with van der Waals surface area (Å²) in [6.07, 6.45) is 3.10. The molecule has 0 saturated heterocycles. The molecule has 27 heavy (non-hydrogen) atoms. The smallest absolute Gasteiger partial charge is 0.327 e. The van der Waals surface area contributed by atoms with Gasteiger partial charge >= 0.3 is 11.4 Å². The molecule has 0 saturated carbocycles. The summed E-state index contributed by atoms with van der Waals surface area (Å²) in [4.78, 5) is 66.4. The molecule has 12 heteroatoms. The second kappa shape index (κ2) is 7.27. The van der Waals surface area contributed by atoms with Crippen molar-refractivity contribution in [1.29, 1.82) is 0 Å². The third kappa shape index (κ3) is 4.11. The zero-order valence-corrected chi connectivity index (χ0v) is 14.6. The molecule has 0 aliphatic rings. The van der Waals surface area contributed by atoms with Crippen molar-refractivity contribution in [2.24, 2.45) is 5.92 Å². The number of fused-ring (bicyclic) bond motifs is 2. The summed E-state index contributed by atoms with van der Waals surface area (Å²) in [6.45, 7) is 4.24. The summed E-state index contributed by atoms with van der Waals surface area (Å²) in [6, 6.07) is 0. The number of rotatable bonds is 3. The Morgan fingerprint density at radius 3 is 2.15 bits per heavy atom. The second-order valence-corrected chi connectivity index (χ2v) is 6.28. The number of hydrogen-bond acceptors (Lipinski definition) is 6. The fourth-order valence-electron chi connectivity index (χ4n) is 2.39. The van der Waals surface area contributed by atoms with Gasteiger partial charge in [0, 0.05) is 6.42 Å². The molecule has 0 aliphatic carbocycles. The Balaban J connectivity index is 0.000000166. The molecule has 0 atom stereocenters. The van der Waals surface area contributed by atoms with Crippen LogP contribution < -0.4 is 22.5 Å². The van der Waals surface area contributed by atoms with E-state index in [1.165, 1.54) is 6.33 Å². The molecule has 142 valence electrons. The van der Waals surface area contributed by atoms with Crippen LogP contribution in [0.2, 0.25) is 0 Å². The van der Waals surface area contributed by atoms with Gasteiger partial charge < -0.3 is 9.97 Å². The Bertz CT molecular complexity index is 1300. The lowest BCUT2D eigenvalue weighted by Crippen LogP contribution is -2.21. The first kappa shape index (κ1) is 18.1. The van der Waals surface area contributed by atoms with E-state index in [-0.39, 0.29) is 11.2 Å². The molecule has 4 aromatic heterocycles. The molecular formula is C15H18N8O4. The minimum atomic E-state index is -0.547. The van der Waals surface area contributed by atoms with Crippen LogP contribution in [-0.2, 0) is 6.42 Å². The van der Waals surface area contributed by atoms with Gasteiger partial charge in [0.05, 0.1) is 6.33 Å². The van der Waals surface area contributed by atoms with Crippen molar-refractivity contribution in [1.82, 2.24) is 39.9 Å². The van der Waals surface area contributed by atoms with Crippen LogP contribution in [0.15, 0.2) is 25.5 Å². The van der Waals surface area contributed by atoms with Gasteiger partial charge in [-0.1, -0.05) is 13.8 Å². The predicted molar refractivity (Wildman–Crippen MR) is 97.8 cm³/mol. The molecule has 0 radical (unpaired) electrons. The highest BCUT2D eigenvalue weighted by Crippen LogP contribution is 2.08. The summed E-state index contributed by atoms with van der Waals surface area (Å²) in [5, 5.41) is 0. The number of hydrogen-bond donors (Lipinski definition) is 6. The van der Waals surface area contributed by atoms with Crippen LogP contribution in [0.25, 0.3) is 22.3 Å². The number of aryl methyl sites for hydroxylation is 1. The highest BCUT2D eigenvalue weighted by atomic mass is 16.2. The van der Waals surface area contributed by atoms with Gasteiger partial charge in [-0.3, -0.25) is 29.5 Å². The molecule has 4 aromatic rings. The van der Waals surface area contributed by atoms with Crippen molar-refractivity contribution in [2.75, 3.05) is 0 Å². The summed E-state index contributed by atoms with van der Waals surface area (Å²) in [5.41, 5.74) is -0.744. The Morgan fingerprint density at radius 1 is 0.852 bits per heavy atom. The highest BCUT2D eigenvalue weighted by Gasteiger charge is 2.07. The number of aromatic amines is 6. The van der Waals surface area contributed by atoms with Crippen molar-refractivity contribution in [3.8, 4) is 0 Å². The van der Waals surface area contributed by atoms with Gasteiger partial charge in [0.15, 0.2) is 11.3 Å². The van der Waals surface area contributed by atoms with Crippen molar-refractivity contribution < 1.29 is 0 Å². The zero-order chi connectivity index (χ0) is 19.6. The Labute approximate surface area is 149 Å². The normalized spacial score (nSPS) is 11.1. The van der Waals surface area contributed by atoms with E-state index in [1.54, 1.807) is 0 Å². The maximum atomic E-state index is 11.4. The minimum Gasteiger partial charge on any atom is -0.339 e. The summed E-state index contributed by atoms with van der Waals surface area (Å²) < 4.78 is 0. The van der Waals surface area contributed by atoms with Crippen LogP contribution >= 0.6 is 0 Å². The standard InChI is InChI=1S/C10H14N4O2.C5H4N4O2/c1-5(2)3-4-6-11-7-8(12-6)13-10(16)14-9(7)15;10-4-2-3(7-1-6-2)8-5(11)9-4/h5H,3-4H2,1-2H3,(H3,11,12,13,14,15,16);1H,(H3,6,7,8,9,10,11). The molecule has 4 rings (SSSR count). The van der Waals surface area contributed by atoms with Crippen molar-refractivity contribution in [2.45, 2.75) is 26.7 Å². The molecule has 12 nitrogen and oxygen atoms in total. The van der Waals surface area contributed by atoms with E-state index in [0.29, 0.717) is 17.1 Å². The Kier molecular flexibility index (Phi) is 4.88. The van der Waals surface area contributed by atoms with Gasteiger partial charge in [-0.15, -0.1) is 0 Å². The first-order valence-electron chi connectivity index (χ1n) is 8.20. The quantitative estimate of drug-likeness (QED) is 0.279. The van der Waals surface area contributed by atoms with E-state index in [2.05, 4.69) is 53.7 Å². The van der Waals surface area contributed by atoms with Crippen molar-refractivity contribution >= 4 is 22.3 Å². The second-order valence-electron chi connectivity index (χ2n) is 6.28. The van der Waals surface area contributed by atoms with E-state index >= 15 is 0 Å². The molecule has 0 spiro atoms. The SMILES string of the molecule is CC(C)CCc1nc2[nH]c(=O)[nH]c(=O)c2[nH]1.O=c1[nH]c(=O)c2[nH]cnc2[nH]1. The summed E-state index contributed by atoms with van der Waals surface area (Å²) in [5.74, 6) is 1.31. The van der Waals surface area contributed by atoms with Gasteiger partial charge in [-0.2, -0.15) is 0 Å². The fourth-order valence-corrected chi connectivity index (χ4v) is 2.39. The molecular weight excluding hydrogens is 356 g/mol. The number of aromatic nitrogens is 8. The average Bonchev–Trinajstić information content (AvgIpc) is 3.20. The predicted octanol–water partition coefficient (Wildman–Crippen LogP) is -0.532. The minimum absolute atomic E-state index is 0.277. The van der Waals surface area contributed by atoms with Gasteiger partial charge in [0.25, 0.3) is 11.1 Å². The first-order chi connectivity index (χ1) is 12.8. The van der Waals surface area contributed by atoms with Crippen LogP contribution in [0.4, 0.5) is 0 Å². The molecule has 0 fully saturated rings. The lowest BCUT2D eigenvalue weighted by molar-refractivity contribution is 0.577. The number of H-pyrrole nitrogens is 6. The monoisotopic (exact) mass is 374 g/mol. The first-order valence-corrected chi connectivity index (χ1v) is 8.20. The van der Waals surface area contributed by atoms with Gasteiger partial charge in [-0.05, 0) is 12.3 Å². The topological polar surface area (TPSA) is 189 Å². The molecule has 6 N–H and O–H groups in total. The Morgan fingerprint density at radius 2 is 1.48 bits per heavy atom. The van der Waals surface area contributed by atoms with Crippen LogP contribution in [0.1, 0.15) is 26.1 Å². The van der Waals surface area contributed by atoms with E-state index < -0.39 is 22.5 Å². The molecule has 0 aliphatic heterocycles. The highest BCUT2D eigenvalue weighted by molar-refractivity contribution is 5.68. The molecule has 4 heterocycles. The third-order valence-corrected chi connectivity index (χ3v) is 3.72. The van der Waals surface area contributed by atoms with E-state index in [9.17, 15) is 19.2 Å². The van der Waals surface area contributed by atoms with E-state index in [4.69, 9.17) is 0 Å². The largest absolute Gasteiger partial charge is 0.339 e. The fraction of sp³-hybridized carbons (Fsp3) is 0.333. The van der Waals surface area contributed by atoms with Crippen molar-refractivity contribution in [3.63, 3.8) is 0 Å². The average molecular weight is 374 g/mol. The molecule has 0 amide bonds. The molecule has 0 unspecified atom stereocenters. The number of nitrogens with zero attached hydrogens (tertiary/aromatic N) is 2. The van der Waals surface area contributed by atoms with Crippen LogP contribution in [-0.4, -0.2) is 39.9 Å². The van der Waals surface area contributed by atoms with Crippen LogP contribution in [0.3, 0.4) is 0 Å². The lowest BCUT2D eigenvalue weighted by atomic mass is 10.1. The van der Waals surface area contributed by atoms with E-state index in [1.807, 2.05) is 0 Å². The third-order valence-electron chi connectivity index (χ3n) is 3.72. The van der Waals surface area contributed by atoms with Gasteiger partial charge in [0.1, 0.15) is 16.9 Å². The van der Waals surface area contributed by atoms with E-state index in [0.717, 1.165) is 18.7 Å². The summed E-state index contributed by atoms with van der Waals surface area (Å²) in [7, 11) is 0. The summed E-state index contributed by atoms with van der Waals surface area (Å²) >= 11 is 0. The Hall–Kier alpha value is -3.70. The molecule has 0 bridgehead atoms. The number of imidazole rings is 2. The maximum absolute atomic E-state index is 11.4. The number of nitrogens with one attached hydrogen (secondary N) is 6. The van der Waals surface area contributed by atoms with Crippen LogP contribution in [0, 0.1) is 5.92 Å².